The average molecular weight is 513 g/mol. The van der Waals surface area contributed by atoms with E-state index >= 15 is 0 Å². The maximum atomic E-state index is 11.0. The van der Waals surface area contributed by atoms with Crippen LogP contribution >= 0.6 is 0 Å². The quantitative estimate of drug-likeness (QED) is 0.251. The van der Waals surface area contributed by atoms with Crippen molar-refractivity contribution >= 4 is 5.78 Å². The Morgan fingerprint density at radius 2 is 0.833 bits per heavy atom. The Morgan fingerprint density at radius 1 is 0.528 bits per heavy atom. The first-order chi connectivity index (χ1) is 15.3. The molecular weight excluding hydrogens is 436 g/mol. The number of rotatable bonds is 11. The predicted molar refractivity (Wildman–Crippen MR) is 174 cm³/mol. The number of hydrogen-bond donors (Lipinski definition) is 0. The maximum absolute atomic E-state index is 11.0. The van der Waals surface area contributed by atoms with Crippen LogP contribution in [0.3, 0.4) is 0 Å². The molecule has 0 radical (unpaired) electrons. The minimum absolute atomic E-state index is 0. The van der Waals surface area contributed by atoms with Gasteiger partial charge in [0.2, 0.25) is 0 Å². The summed E-state index contributed by atoms with van der Waals surface area (Å²) in [6.45, 7) is 38.8. The van der Waals surface area contributed by atoms with Crippen LogP contribution in [0, 0.1) is 47.3 Å². The zero-order valence-corrected chi connectivity index (χ0v) is 26.7. The second kappa shape index (κ2) is 30.4. The molecule has 0 amide bonds. The van der Waals surface area contributed by atoms with E-state index < -0.39 is 0 Å². The molecule has 1 nitrogen and oxygen atoms in total. The summed E-state index contributed by atoms with van der Waals surface area (Å²) in [4.78, 5) is 11.0. The number of carbonyl (C=O) groups is 1. The molecule has 0 heterocycles. The summed E-state index contributed by atoms with van der Waals surface area (Å²) in [5.74, 6) is 5.72. The Kier molecular flexibility index (Phi) is 40.7. The van der Waals surface area contributed by atoms with Gasteiger partial charge in [-0.25, -0.2) is 0 Å². The van der Waals surface area contributed by atoms with E-state index in [1.807, 2.05) is 13.8 Å². The first-order valence-electron chi connectivity index (χ1n) is 14.2. The SMILES string of the molecule is C.C.C=C(CC(C)C)C(C)C.CC(C)/C=C\C(C)C.CC(C)CC(=O)C(C)C.CC(C)CCC(C)C. The minimum atomic E-state index is 0. The van der Waals surface area contributed by atoms with E-state index in [2.05, 4.69) is 116 Å². The summed E-state index contributed by atoms with van der Waals surface area (Å²) >= 11 is 0. The highest BCUT2D eigenvalue weighted by atomic mass is 16.1. The Bertz CT molecular complexity index is 429. The zero-order chi connectivity index (χ0) is 28.0. The molecule has 0 unspecified atom stereocenters. The minimum Gasteiger partial charge on any atom is -0.299 e. The summed E-state index contributed by atoms with van der Waals surface area (Å²) in [5, 5.41) is 0. The van der Waals surface area contributed by atoms with E-state index in [1.54, 1.807) is 0 Å². The Balaban J connectivity index is -0.0000000819. The highest BCUT2D eigenvalue weighted by Crippen LogP contribution is 2.16. The fourth-order valence-electron chi connectivity index (χ4n) is 2.51. The highest BCUT2D eigenvalue weighted by Gasteiger charge is 2.08. The molecule has 0 rings (SSSR count). The van der Waals surface area contributed by atoms with Crippen LogP contribution in [0.25, 0.3) is 0 Å². The molecule has 0 aromatic carbocycles. The second-order valence-electron chi connectivity index (χ2n) is 12.9. The van der Waals surface area contributed by atoms with Gasteiger partial charge in [0.1, 0.15) is 5.78 Å². The van der Waals surface area contributed by atoms with Crippen molar-refractivity contribution in [2.45, 2.75) is 151 Å². The summed E-state index contributed by atoms with van der Waals surface area (Å²) in [5.41, 5.74) is 1.38. The van der Waals surface area contributed by atoms with E-state index in [4.69, 9.17) is 0 Å². The summed E-state index contributed by atoms with van der Waals surface area (Å²) in [6, 6.07) is 0. The maximum Gasteiger partial charge on any atom is 0.135 e. The van der Waals surface area contributed by atoms with Gasteiger partial charge >= 0.3 is 0 Å². The van der Waals surface area contributed by atoms with Gasteiger partial charge in [0.05, 0.1) is 0 Å². The molecule has 0 bridgehead atoms. The van der Waals surface area contributed by atoms with Crippen LogP contribution in [0.15, 0.2) is 24.3 Å². The van der Waals surface area contributed by atoms with E-state index in [1.165, 1.54) is 24.8 Å². The van der Waals surface area contributed by atoms with Crippen LogP contribution in [0.1, 0.15) is 151 Å². The lowest BCUT2D eigenvalue weighted by atomic mass is 9.96. The van der Waals surface area contributed by atoms with Gasteiger partial charge in [0.15, 0.2) is 0 Å². The summed E-state index contributed by atoms with van der Waals surface area (Å²) < 4.78 is 0. The number of Topliss-reactive ketones (excluding diaryl/α,β-unsaturated/α-hetero) is 1. The molecule has 0 aromatic rings. The Morgan fingerprint density at radius 3 is 0.944 bits per heavy atom. The molecule has 36 heavy (non-hydrogen) atoms. The van der Waals surface area contributed by atoms with Gasteiger partial charge in [-0.15, -0.1) is 0 Å². The molecule has 0 spiro atoms. The first kappa shape index (κ1) is 48.2. The number of carbonyl (C=O) groups excluding carboxylic acids is 1. The van der Waals surface area contributed by atoms with E-state index in [0.29, 0.717) is 29.5 Å². The van der Waals surface area contributed by atoms with E-state index in [9.17, 15) is 4.79 Å². The van der Waals surface area contributed by atoms with Crippen molar-refractivity contribution < 1.29 is 4.79 Å². The van der Waals surface area contributed by atoms with Gasteiger partial charge in [-0.1, -0.05) is 163 Å². The summed E-state index contributed by atoms with van der Waals surface area (Å²) in [7, 11) is 0. The van der Waals surface area contributed by atoms with Gasteiger partial charge in [-0.2, -0.15) is 0 Å². The Labute approximate surface area is 233 Å². The molecule has 0 atom stereocenters. The van der Waals surface area contributed by atoms with Crippen LogP contribution in [-0.4, -0.2) is 5.78 Å². The summed E-state index contributed by atoms with van der Waals surface area (Å²) in [6.07, 6.45) is 9.17. The van der Waals surface area contributed by atoms with Crippen molar-refractivity contribution in [2.75, 3.05) is 0 Å². The third kappa shape index (κ3) is 54.2. The number of allylic oxidation sites excluding steroid dienone is 3. The van der Waals surface area contributed by atoms with Crippen molar-refractivity contribution in [3.63, 3.8) is 0 Å². The smallest absolute Gasteiger partial charge is 0.135 e. The van der Waals surface area contributed by atoms with Crippen LogP contribution in [-0.2, 0) is 4.79 Å². The fourth-order valence-corrected chi connectivity index (χ4v) is 2.51. The molecule has 0 N–H and O–H groups in total. The van der Waals surface area contributed by atoms with Crippen LogP contribution < -0.4 is 0 Å². The standard InChI is InChI=1S/C9H18.C8H16O.C8H18.C8H16.2CH4/c1-7(2)6-9(5)8(3)4;1-6(2)5-8(9)7(3)4;2*1-7(2)5-6-8(3)4;;/h7-8H,5-6H2,1-4H3;6-7H,5H2,1-4H3;7-8H,5-6H2,1-4H3;5-8H,1-4H3;2*1H4/b;;;6-5-;;. The molecule has 0 aromatic heterocycles. The third-order valence-electron chi connectivity index (χ3n) is 4.94. The normalized spacial score (nSPS) is 10.7. The van der Waals surface area contributed by atoms with Crippen molar-refractivity contribution in [1.82, 2.24) is 0 Å². The number of hydrogen-bond acceptors (Lipinski definition) is 1. The average Bonchev–Trinajstić information content (AvgIpc) is 2.65. The van der Waals surface area contributed by atoms with Crippen molar-refractivity contribution in [2.24, 2.45) is 47.3 Å². The van der Waals surface area contributed by atoms with Gasteiger partial charge in [0, 0.05) is 12.3 Å². The molecule has 0 saturated heterocycles. The lowest BCUT2D eigenvalue weighted by Crippen LogP contribution is -2.09. The molecule has 1 heteroatoms. The molecule has 0 aliphatic carbocycles. The second-order valence-corrected chi connectivity index (χ2v) is 12.9. The van der Waals surface area contributed by atoms with Crippen molar-refractivity contribution in [3.05, 3.63) is 24.3 Å². The highest BCUT2D eigenvalue weighted by molar-refractivity contribution is 5.80. The van der Waals surface area contributed by atoms with E-state index in [0.717, 1.165) is 24.2 Å². The molecule has 222 valence electrons. The molecule has 0 saturated carbocycles. The third-order valence-corrected chi connectivity index (χ3v) is 4.94. The lowest BCUT2D eigenvalue weighted by Gasteiger charge is -2.10. The first-order valence-corrected chi connectivity index (χ1v) is 14.2. The molecule has 0 aliphatic heterocycles. The van der Waals surface area contributed by atoms with Gasteiger partial charge in [0.25, 0.3) is 0 Å². The number of ketones is 1. The van der Waals surface area contributed by atoms with Crippen LogP contribution in [0.5, 0.6) is 0 Å². The van der Waals surface area contributed by atoms with Crippen molar-refractivity contribution in [3.8, 4) is 0 Å². The fraction of sp³-hybridized carbons (Fsp3) is 0.857. The van der Waals surface area contributed by atoms with Gasteiger partial charge in [-0.05, 0) is 47.8 Å². The van der Waals surface area contributed by atoms with Crippen LogP contribution in [0.2, 0.25) is 0 Å². The van der Waals surface area contributed by atoms with Gasteiger partial charge < -0.3 is 0 Å². The predicted octanol–water partition coefficient (Wildman–Crippen LogP) is 12.7. The molecule has 0 aliphatic rings. The van der Waals surface area contributed by atoms with Crippen LogP contribution in [0.4, 0.5) is 0 Å². The van der Waals surface area contributed by atoms with Crippen molar-refractivity contribution in [1.29, 1.82) is 0 Å². The van der Waals surface area contributed by atoms with E-state index in [-0.39, 0.29) is 20.8 Å². The molecular formula is C35H76O. The largest absolute Gasteiger partial charge is 0.299 e. The lowest BCUT2D eigenvalue weighted by molar-refractivity contribution is -0.122. The monoisotopic (exact) mass is 513 g/mol. The topological polar surface area (TPSA) is 17.1 Å². The van der Waals surface area contributed by atoms with Gasteiger partial charge in [-0.3, -0.25) is 4.79 Å². The molecule has 0 fully saturated rings. The zero-order valence-electron chi connectivity index (χ0n) is 26.7. The Hall–Kier alpha value is -0.850.